The van der Waals surface area contributed by atoms with E-state index in [1.165, 1.54) is 6.20 Å². The minimum absolute atomic E-state index is 0.101. The Bertz CT molecular complexity index is 958. The van der Waals surface area contributed by atoms with E-state index in [0.29, 0.717) is 12.4 Å². The number of nitrogens with zero attached hydrogens (tertiary/aromatic N) is 4. The van der Waals surface area contributed by atoms with Crippen molar-refractivity contribution >= 4 is 28.4 Å². The maximum absolute atomic E-state index is 12.1. The first-order chi connectivity index (χ1) is 12.7. The molecule has 1 amide bonds. The van der Waals surface area contributed by atoms with E-state index < -0.39 is 0 Å². The fraction of sp³-hybridized carbons (Fsp3) is 0.294. The van der Waals surface area contributed by atoms with Gasteiger partial charge in [0.1, 0.15) is 0 Å². The summed E-state index contributed by atoms with van der Waals surface area (Å²) >= 11 is 0. The molecule has 3 N–H and O–H groups in total. The van der Waals surface area contributed by atoms with E-state index in [1.54, 1.807) is 12.4 Å². The summed E-state index contributed by atoms with van der Waals surface area (Å²) in [5.74, 6) is 0.357. The summed E-state index contributed by atoms with van der Waals surface area (Å²) in [6.07, 6.45) is 4.63. The molecule has 134 valence electrons. The number of carbonyl (C=O) groups is 1. The van der Waals surface area contributed by atoms with Crippen molar-refractivity contribution in [2.24, 2.45) is 0 Å². The summed E-state index contributed by atoms with van der Waals surface area (Å²) < 4.78 is 0. The lowest BCUT2D eigenvalue weighted by molar-refractivity contribution is -0.117. The largest absolute Gasteiger partial charge is 0.367 e. The third-order valence-electron chi connectivity index (χ3n) is 4.44. The van der Waals surface area contributed by atoms with Crippen LogP contribution in [0, 0.1) is 0 Å². The quantitative estimate of drug-likeness (QED) is 0.627. The van der Waals surface area contributed by atoms with Gasteiger partial charge in [0, 0.05) is 38.6 Å². The minimum atomic E-state index is -0.202. The number of aromatic nitrogens is 4. The molecule has 0 bridgehead atoms. The highest BCUT2D eigenvalue weighted by Gasteiger charge is 2.21. The molecule has 26 heavy (non-hydrogen) atoms. The number of para-hydroxylation sites is 1. The van der Waals surface area contributed by atoms with Gasteiger partial charge in [0.2, 0.25) is 5.91 Å². The topological polar surface area (TPSA) is 110 Å². The Morgan fingerprint density at radius 2 is 2.00 bits per heavy atom. The van der Waals surface area contributed by atoms with Crippen LogP contribution in [0.2, 0.25) is 0 Å². The van der Waals surface area contributed by atoms with Gasteiger partial charge >= 0.3 is 5.69 Å². The number of hydrogen-bond acceptors (Lipinski definition) is 6. The maximum Gasteiger partial charge on any atom is 0.323 e. The van der Waals surface area contributed by atoms with Crippen LogP contribution in [0.5, 0.6) is 0 Å². The SMILES string of the molecule is O=C(CN1CCN(c2cccc3[nH]c(=O)[nH]c23)CC1)Nc1cnccn1. The van der Waals surface area contributed by atoms with Crippen LogP contribution in [-0.2, 0) is 4.79 Å². The monoisotopic (exact) mass is 353 g/mol. The van der Waals surface area contributed by atoms with Gasteiger partial charge in [0.15, 0.2) is 5.82 Å². The van der Waals surface area contributed by atoms with Crippen LogP contribution in [0.1, 0.15) is 0 Å². The molecule has 1 aromatic carbocycles. The second kappa shape index (κ2) is 6.96. The number of rotatable bonds is 4. The van der Waals surface area contributed by atoms with Crippen molar-refractivity contribution in [1.29, 1.82) is 0 Å². The molecule has 9 heteroatoms. The predicted octanol–water partition coefficient (Wildman–Crippen LogP) is 0.407. The van der Waals surface area contributed by atoms with Crippen molar-refractivity contribution in [3.63, 3.8) is 0 Å². The van der Waals surface area contributed by atoms with Crippen molar-refractivity contribution < 1.29 is 4.79 Å². The summed E-state index contributed by atoms with van der Waals surface area (Å²) in [7, 11) is 0. The number of nitrogens with one attached hydrogen (secondary N) is 3. The molecule has 0 radical (unpaired) electrons. The lowest BCUT2D eigenvalue weighted by atomic mass is 10.2. The molecule has 0 saturated carbocycles. The summed E-state index contributed by atoms with van der Waals surface area (Å²) in [6.45, 7) is 3.41. The molecule has 1 fully saturated rings. The van der Waals surface area contributed by atoms with Gasteiger partial charge in [-0.1, -0.05) is 6.07 Å². The molecule has 1 saturated heterocycles. The normalized spacial score (nSPS) is 15.3. The first kappa shape index (κ1) is 16.3. The predicted molar refractivity (Wildman–Crippen MR) is 98.2 cm³/mol. The third kappa shape index (κ3) is 3.42. The molecule has 2 aromatic heterocycles. The van der Waals surface area contributed by atoms with E-state index in [1.807, 2.05) is 18.2 Å². The van der Waals surface area contributed by atoms with Gasteiger partial charge in [0.05, 0.1) is 29.5 Å². The molecule has 0 atom stereocenters. The lowest BCUT2D eigenvalue weighted by Gasteiger charge is -2.35. The number of carbonyl (C=O) groups excluding carboxylic acids is 1. The average molecular weight is 353 g/mol. The zero-order valence-electron chi connectivity index (χ0n) is 14.1. The van der Waals surface area contributed by atoms with E-state index >= 15 is 0 Å². The molecule has 0 aliphatic carbocycles. The fourth-order valence-corrected chi connectivity index (χ4v) is 3.20. The maximum atomic E-state index is 12.1. The number of benzene rings is 1. The average Bonchev–Trinajstić information content (AvgIpc) is 3.03. The Labute approximate surface area is 149 Å². The third-order valence-corrected chi connectivity index (χ3v) is 4.44. The number of imidazole rings is 1. The van der Waals surface area contributed by atoms with E-state index in [-0.39, 0.29) is 11.6 Å². The highest BCUT2D eigenvalue weighted by molar-refractivity contribution is 5.91. The van der Waals surface area contributed by atoms with Gasteiger partial charge in [-0.3, -0.25) is 14.7 Å². The highest BCUT2D eigenvalue weighted by Crippen LogP contribution is 2.24. The zero-order chi connectivity index (χ0) is 17.9. The van der Waals surface area contributed by atoms with Crippen molar-refractivity contribution in [2.45, 2.75) is 0 Å². The highest BCUT2D eigenvalue weighted by atomic mass is 16.2. The molecule has 3 aromatic rings. The Kier molecular flexibility index (Phi) is 4.36. The standard InChI is InChI=1S/C17H19N7O2/c25-15(21-14-10-18-4-5-19-14)11-23-6-8-24(9-7-23)13-3-1-2-12-16(13)22-17(26)20-12/h1-5,10H,6-9,11H2,(H,19,21,25)(H2,20,22,26). The smallest absolute Gasteiger partial charge is 0.323 e. The molecular formula is C17H19N7O2. The Morgan fingerprint density at radius 1 is 1.15 bits per heavy atom. The lowest BCUT2D eigenvalue weighted by Crippen LogP contribution is -2.48. The van der Waals surface area contributed by atoms with Crippen molar-refractivity contribution in [3.05, 3.63) is 47.3 Å². The molecule has 0 unspecified atom stereocenters. The zero-order valence-corrected chi connectivity index (χ0v) is 14.1. The van der Waals surface area contributed by atoms with Crippen molar-refractivity contribution in [3.8, 4) is 0 Å². The van der Waals surface area contributed by atoms with Gasteiger partial charge < -0.3 is 20.2 Å². The molecular weight excluding hydrogens is 334 g/mol. The summed E-state index contributed by atoms with van der Waals surface area (Å²) in [6, 6.07) is 5.81. The second-order valence-electron chi connectivity index (χ2n) is 6.18. The Hall–Kier alpha value is -3.20. The molecule has 3 heterocycles. The molecule has 1 aliphatic heterocycles. The van der Waals surface area contributed by atoms with E-state index in [0.717, 1.165) is 42.9 Å². The first-order valence-corrected chi connectivity index (χ1v) is 8.43. The number of aromatic amines is 2. The van der Waals surface area contributed by atoms with E-state index in [9.17, 15) is 9.59 Å². The van der Waals surface area contributed by atoms with Gasteiger partial charge in [-0.25, -0.2) is 9.78 Å². The summed E-state index contributed by atoms with van der Waals surface area (Å²) in [5, 5.41) is 2.75. The Morgan fingerprint density at radius 3 is 2.77 bits per heavy atom. The number of anilines is 2. The summed E-state index contributed by atoms with van der Waals surface area (Å²) in [5.41, 5.74) is 2.43. The second-order valence-corrected chi connectivity index (χ2v) is 6.18. The van der Waals surface area contributed by atoms with Crippen LogP contribution >= 0.6 is 0 Å². The minimum Gasteiger partial charge on any atom is -0.367 e. The number of amides is 1. The van der Waals surface area contributed by atoms with Gasteiger partial charge in [-0.15, -0.1) is 0 Å². The van der Waals surface area contributed by atoms with Crippen LogP contribution in [0.25, 0.3) is 11.0 Å². The molecule has 4 rings (SSSR count). The van der Waals surface area contributed by atoms with Crippen LogP contribution in [0.4, 0.5) is 11.5 Å². The van der Waals surface area contributed by atoms with Crippen LogP contribution in [0.3, 0.4) is 0 Å². The fourth-order valence-electron chi connectivity index (χ4n) is 3.20. The molecule has 0 spiro atoms. The van der Waals surface area contributed by atoms with Crippen LogP contribution in [0.15, 0.2) is 41.6 Å². The van der Waals surface area contributed by atoms with E-state index in [2.05, 4.69) is 35.1 Å². The number of H-pyrrole nitrogens is 2. The van der Waals surface area contributed by atoms with Gasteiger partial charge in [-0.05, 0) is 12.1 Å². The van der Waals surface area contributed by atoms with Crippen molar-refractivity contribution in [2.75, 3.05) is 42.9 Å². The number of fused-ring (bicyclic) bond motifs is 1. The number of piperazine rings is 1. The first-order valence-electron chi connectivity index (χ1n) is 8.43. The van der Waals surface area contributed by atoms with Crippen LogP contribution in [-0.4, -0.2) is 63.5 Å². The van der Waals surface area contributed by atoms with Gasteiger partial charge in [-0.2, -0.15) is 0 Å². The summed E-state index contributed by atoms with van der Waals surface area (Å²) in [4.78, 5) is 41.6. The van der Waals surface area contributed by atoms with Gasteiger partial charge in [0.25, 0.3) is 0 Å². The number of hydrogen-bond donors (Lipinski definition) is 3. The van der Waals surface area contributed by atoms with Crippen LogP contribution < -0.4 is 15.9 Å². The molecule has 1 aliphatic rings. The Balaban J connectivity index is 1.36. The van der Waals surface area contributed by atoms with E-state index in [4.69, 9.17) is 0 Å². The molecule has 9 nitrogen and oxygen atoms in total. The van der Waals surface area contributed by atoms with Crippen molar-refractivity contribution in [1.82, 2.24) is 24.8 Å².